The molecular formula is C8H12N2. The number of hydrogen-bond acceptors (Lipinski definition) is 2. The highest BCUT2D eigenvalue weighted by atomic mass is 15.0. The van der Waals surface area contributed by atoms with Gasteiger partial charge in [0.15, 0.2) is 0 Å². The second kappa shape index (κ2) is 3.20. The minimum atomic E-state index is 0.904. The summed E-state index contributed by atoms with van der Waals surface area (Å²) in [6, 6.07) is 0. The molecule has 1 heterocycles. The molecule has 1 N–H and O–H groups in total. The minimum absolute atomic E-state index is 0.904. The molecule has 1 rings (SSSR count). The molecule has 0 spiro atoms. The number of rotatable bonds is 2. The maximum absolute atomic E-state index is 3.85. The third-order valence-electron chi connectivity index (χ3n) is 1.62. The van der Waals surface area contributed by atoms with Crippen molar-refractivity contribution in [2.24, 2.45) is 4.99 Å². The van der Waals surface area contributed by atoms with Crippen LogP contribution in [0.1, 0.15) is 12.8 Å². The molecule has 2 nitrogen and oxygen atoms in total. The highest BCUT2D eigenvalue weighted by Gasteiger charge is 2.06. The Labute approximate surface area is 61.4 Å². The van der Waals surface area contributed by atoms with E-state index in [0.29, 0.717) is 0 Å². The van der Waals surface area contributed by atoms with E-state index in [1.165, 1.54) is 12.0 Å². The van der Waals surface area contributed by atoms with Crippen molar-refractivity contribution in [1.82, 2.24) is 5.32 Å². The maximum atomic E-state index is 3.85. The summed E-state index contributed by atoms with van der Waals surface area (Å²) in [5.41, 5.74) is 1.18. The Balaban J connectivity index is 2.81. The average molecular weight is 136 g/mol. The van der Waals surface area contributed by atoms with E-state index in [1.54, 1.807) is 0 Å². The summed E-state index contributed by atoms with van der Waals surface area (Å²) in [5, 5.41) is 3.15. The van der Waals surface area contributed by atoms with E-state index < -0.39 is 0 Å². The van der Waals surface area contributed by atoms with Crippen molar-refractivity contribution in [1.29, 1.82) is 0 Å². The first kappa shape index (κ1) is 7.06. The van der Waals surface area contributed by atoms with E-state index in [1.807, 2.05) is 6.08 Å². The van der Waals surface area contributed by atoms with Crippen LogP contribution in [-0.2, 0) is 0 Å². The monoisotopic (exact) mass is 136 g/mol. The summed E-state index contributed by atoms with van der Waals surface area (Å²) in [4.78, 5) is 3.85. The number of nitrogens with one attached hydrogen (secondary N) is 1. The summed E-state index contributed by atoms with van der Waals surface area (Å²) in [7, 11) is 0. The molecule has 0 saturated heterocycles. The molecule has 0 aliphatic carbocycles. The van der Waals surface area contributed by atoms with Gasteiger partial charge in [-0.2, -0.15) is 0 Å². The lowest BCUT2D eigenvalue weighted by atomic mass is 10.1. The Kier molecular flexibility index (Phi) is 2.26. The summed E-state index contributed by atoms with van der Waals surface area (Å²) >= 11 is 0. The fourth-order valence-corrected chi connectivity index (χ4v) is 1.07. The summed E-state index contributed by atoms with van der Waals surface area (Å²) in [6.45, 7) is 8.17. The molecule has 0 aromatic carbocycles. The van der Waals surface area contributed by atoms with E-state index in [4.69, 9.17) is 0 Å². The van der Waals surface area contributed by atoms with Crippen LogP contribution < -0.4 is 5.32 Å². The van der Waals surface area contributed by atoms with Gasteiger partial charge in [0, 0.05) is 6.54 Å². The van der Waals surface area contributed by atoms with Gasteiger partial charge in [0.1, 0.15) is 5.82 Å². The van der Waals surface area contributed by atoms with Crippen LogP contribution in [0.15, 0.2) is 29.0 Å². The van der Waals surface area contributed by atoms with E-state index in [0.717, 1.165) is 18.8 Å². The van der Waals surface area contributed by atoms with Crippen molar-refractivity contribution in [3.8, 4) is 0 Å². The number of nitrogens with zero attached hydrogens (tertiary/aromatic N) is 1. The Morgan fingerprint density at radius 1 is 1.60 bits per heavy atom. The van der Waals surface area contributed by atoms with E-state index >= 15 is 0 Å². The summed E-state index contributed by atoms with van der Waals surface area (Å²) in [5.74, 6) is 0.904. The molecule has 0 saturated carbocycles. The zero-order valence-corrected chi connectivity index (χ0v) is 6.06. The molecule has 0 amide bonds. The molecule has 0 bridgehead atoms. The molecule has 2 heteroatoms. The van der Waals surface area contributed by atoms with Crippen LogP contribution in [0.2, 0.25) is 0 Å². The van der Waals surface area contributed by atoms with Gasteiger partial charge in [0.2, 0.25) is 0 Å². The van der Waals surface area contributed by atoms with Gasteiger partial charge in [-0.1, -0.05) is 12.7 Å². The average Bonchev–Trinajstić information content (AvgIpc) is 2.04. The van der Waals surface area contributed by atoms with Crippen molar-refractivity contribution in [2.75, 3.05) is 6.54 Å². The number of allylic oxidation sites excluding steroid dienone is 2. The Hall–Kier alpha value is -1.05. The van der Waals surface area contributed by atoms with Crippen molar-refractivity contribution in [3.63, 3.8) is 0 Å². The van der Waals surface area contributed by atoms with Gasteiger partial charge in [-0.05, 0) is 25.1 Å². The molecule has 0 fully saturated rings. The van der Waals surface area contributed by atoms with Gasteiger partial charge >= 0.3 is 0 Å². The third kappa shape index (κ3) is 1.26. The first-order valence-corrected chi connectivity index (χ1v) is 3.44. The molecule has 0 aromatic heterocycles. The summed E-state index contributed by atoms with van der Waals surface area (Å²) < 4.78 is 0. The Morgan fingerprint density at radius 3 is 2.90 bits per heavy atom. The molecule has 1 aliphatic heterocycles. The van der Waals surface area contributed by atoms with Gasteiger partial charge in [-0.3, -0.25) is 0 Å². The zero-order chi connectivity index (χ0) is 7.40. The predicted molar refractivity (Wildman–Crippen MR) is 44.0 cm³/mol. The third-order valence-corrected chi connectivity index (χ3v) is 1.62. The predicted octanol–water partition coefficient (Wildman–Crippen LogP) is 1.47. The van der Waals surface area contributed by atoms with Crippen molar-refractivity contribution in [2.45, 2.75) is 12.8 Å². The second-order valence-corrected chi connectivity index (χ2v) is 2.27. The quantitative estimate of drug-likeness (QED) is 0.571. The van der Waals surface area contributed by atoms with Crippen LogP contribution in [0.5, 0.6) is 0 Å². The molecular weight excluding hydrogens is 124 g/mol. The molecule has 0 radical (unpaired) electrons. The highest BCUT2D eigenvalue weighted by molar-refractivity contribution is 5.33. The van der Waals surface area contributed by atoms with Crippen LogP contribution in [0, 0.1) is 0 Å². The molecule has 1 aliphatic rings. The SMILES string of the molecule is C=CC1=C(N=C)NCCC1. The molecule has 0 aromatic rings. The lowest BCUT2D eigenvalue weighted by Crippen LogP contribution is -2.19. The van der Waals surface area contributed by atoms with Gasteiger partial charge in [0.05, 0.1) is 0 Å². The van der Waals surface area contributed by atoms with Crippen LogP contribution in [0.25, 0.3) is 0 Å². The summed E-state index contributed by atoms with van der Waals surface area (Å²) in [6.07, 6.45) is 4.08. The van der Waals surface area contributed by atoms with E-state index in [2.05, 4.69) is 23.6 Å². The highest BCUT2D eigenvalue weighted by Crippen LogP contribution is 2.14. The first-order valence-electron chi connectivity index (χ1n) is 3.44. The minimum Gasteiger partial charge on any atom is -0.370 e. The van der Waals surface area contributed by atoms with Gasteiger partial charge in [-0.15, -0.1) is 0 Å². The number of aliphatic imine (C=N–C) groups is 1. The molecule has 0 unspecified atom stereocenters. The normalized spacial score (nSPS) is 18.0. The van der Waals surface area contributed by atoms with Gasteiger partial charge in [0.25, 0.3) is 0 Å². The maximum Gasteiger partial charge on any atom is 0.128 e. The lowest BCUT2D eigenvalue weighted by Gasteiger charge is -2.15. The van der Waals surface area contributed by atoms with Crippen molar-refractivity contribution >= 4 is 6.72 Å². The Bertz CT molecular complexity index is 160. The standard InChI is InChI=1S/C8H12N2/c1-3-7-5-4-6-10-8(7)9-2/h3,10H,1-2,4-6H2. The fourth-order valence-electron chi connectivity index (χ4n) is 1.07. The molecule has 0 atom stereocenters. The van der Waals surface area contributed by atoms with Gasteiger partial charge in [-0.25, -0.2) is 4.99 Å². The zero-order valence-electron chi connectivity index (χ0n) is 6.06. The fraction of sp³-hybridized carbons (Fsp3) is 0.375. The smallest absolute Gasteiger partial charge is 0.128 e. The lowest BCUT2D eigenvalue weighted by molar-refractivity contribution is 0.666. The van der Waals surface area contributed by atoms with Crippen LogP contribution in [-0.4, -0.2) is 13.3 Å². The van der Waals surface area contributed by atoms with Crippen molar-refractivity contribution < 1.29 is 0 Å². The topological polar surface area (TPSA) is 24.4 Å². The van der Waals surface area contributed by atoms with Crippen LogP contribution in [0.3, 0.4) is 0 Å². The molecule has 10 heavy (non-hydrogen) atoms. The van der Waals surface area contributed by atoms with Gasteiger partial charge < -0.3 is 5.32 Å². The van der Waals surface area contributed by atoms with Crippen LogP contribution >= 0.6 is 0 Å². The Morgan fingerprint density at radius 2 is 2.40 bits per heavy atom. The van der Waals surface area contributed by atoms with Crippen molar-refractivity contribution in [3.05, 3.63) is 24.0 Å². The first-order chi connectivity index (χ1) is 4.88. The molecule has 54 valence electrons. The number of hydrogen-bond donors (Lipinski definition) is 1. The van der Waals surface area contributed by atoms with E-state index in [9.17, 15) is 0 Å². The van der Waals surface area contributed by atoms with Crippen LogP contribution in [0.4, 0.5) is 0 Å². The second-order valence-electron chi connectivity index (χ2n) is 2.27. The largest absolute Gasteiger partial charge is 0.370 e. The van der Waals surface area contributed by atoms with E-state index in [-0.39, 0.29) is 0 Å².